The maximum absolute atomic E-state index is 13.0. The molecule has 3 aromatic rings. The summed E-state index contributed by atoms with van der Waals surface area (Å²) in [5, 5.41) is 13.4. The number of aromatic amines is 1. The lowest BCUT2D eigenvalue weighted by Gasteiger charge is -2.08. The van der Waals surface area contributed by atoms with Crippen molar-refractivity contribution < 1.29 is 22.7 Å². The molecule has 0 unspecified atom stereocenters. The Balaban J connectivity index is 1.84. The molecular formula is C17H17F3N6O2S. The van der Waals surface area contributed by atoms with E-state index < -0.39 is 17.6 Å². The van der Waals surface area contributed by atoms with Gasteiger partial charge in [-0.1, -0.05) is 6.07 Å². The number of nitrogens with one attached hydrogen (secondary N) is 2. The van der Waals surface area contributed by atoms with Crippen LogP contribution in [-0.4, -0.2) is 37.6 Å². The predicted octanol–water partition coefficient (Wildman–Crippen LogP) is 3.10. The summed E-state index contributed by atoms with van der Waals surface area (Å²) in [6.07, 6.45) is -3.15. The average molecular weight is 426 g/mol. The van der Waals surface area contributed by atoms with E-state index in [1.165, 1.54) is 25.4 Å². The first kappa shape index (κ1) is 20.6. The van der Waals surface area contributed by atoms with Crippen molar-refractivity contribution in [3.05, 3.63) is 52.3 Å². The van der Waals surface area contributed by atoms with Crippen molar-refractivity contribution >= 4 is 18.1 Å². The summed E-state index contributed by atoms with van der Waals surface area (Å²) in [5.41, 5.74) is -0.746. The zero-order chi connectivity index (χ0) is 21.2. The number of benzene rings is 1. The quantitative estimate of drug-likeness (QED) is 0.592. The third-order valence-electron chi connectivity index (χ3n) is 4.11. The molecule has 2 aromatic heterocycles. The highest BCUT2D eigenvalue weighted by Crippen LogP contribution is 2.30. The van der Waals surface area contributed by atoms with Crippen LogP contribution in [0.15, 0.2) is 30.5 Å². The third-order valence-corrected chi connectivity index (χ3v) is 4.43. The summed E-state index contributed by atoms with van der Waals surface area (Å²) in [4.78, 5) is 12.6. The molecule has 2 N–H and O–H groups in total. The van der Waals surface area contributed by atoms with E-state index in [2.05, 4.69) is 20.6 Å². The van der Waals surface area contributed by atoms with Crippen molar-refractivity contribution in [3.8, 4) is 11.4 Å². The fraction of sp³-hybridized carbons (Fsp3) is 0.294. The lowest BCUT2D eigenvalue weighted by molar-refractivity contribution is -0.137. The molecule has 0 atom stereocenters. The van der Waals surface area contributed by atoms with Crippen molar-refractivity contribution in [2.45, 2.75) is 26.2 Å². The molecule has 154 valence electrons. The van der Waals surface area contributed by atoms with Crippen LogP contribution >= 0.6 is 12.2 Å². The van der Waals surface area contributed by atoms with Crippen LogP contribution in [-0.2, 0) is 19.3 Å². The van der Waals surface area contributed by atoms with Gasteiger partial charge in [-0.15, -0.1) is 0 Å². The molecule has 0 saturated heterocycles. The Hall–Kier alpha value is -3.15. The Labute approximate surface area is 168 Å². The number of rotatable bonds is 6. The highest BCUT2D eigenvalue weighted by molar-refractivity contribution is 7.71. The first-order chi connectivity index (χ1) is 13.7. The molecule has 12 heteroatoms. The Morgan fingerprint density at radius 2 is 2.14 bits per heavy atom. The molecule has 3 rings (SSSR count). The smallest absolute Gasteiger partial charge is 0.416 e. The van der Waals surface area contributed by atoms with Gasteiger partial charge in [0.25, 0.3) is 5.91 Å². The molecule has 0 bridgehead atoms. The second-order valence-electron chi connectivity index (χ2n) is 5.91. The zero-order valence-electron chi connectivity index (χ0n) is 15.4. The number of alkyl halides is 3. The third kappa shape index (κ3) is 4.31. The molecular weight excluding hydrogens is 409 g/mol. The monoisotopic (exact) mass is 426 g/mol. The summed E-state index contributed by atoms with van der Waals surface area (Å²) in [6, 6.07) is 4.60. The van der Waals surface area contributed by atoms with Crippen LogP contribution < -0.4 is 10.1 Å². The van der Waals surface area contributed by atoms with Gasteiger partial charge in [0.15, 0.2) is 22.0 Å². The number of hydrogen-bond donors (Lipinski definition) is 2. The minimum absolute atomic E-state index is 0.0675. The molecule has 29 heavy (non-hydrogen) atoms. The van der Waals surface area contributed by atoms with Crippen LogP contribution in [0.1, 0.15) is 28.8 Å². The molecule has 0 radical (unpaired) electrons. The van der Waals surface area contributed by atoms with E-state index in [-0.39, 0.29) is 23.7 Å². The van der Waals surface area contributed by atoms with Crippen LogP contribution in [0.5, 0.6) is 5.75 Å². The average Bonchev–Trinajstić information content (AvgIpc) is 3.28. The zero-order valence-corrected chi connectivity index (χ0v) is 16.3. The van der Waals surface area contributed by atoms with Gasteiger partial charge >= 0.3 is 6.18 Å². The van der Waals surface area contributed by atoms with Gasteiger partial charge in [0.2, 0.25) is 0 Å². The number of aromatic nitrogens is 5. The van der Waals surface area contributed by atoms with Crippen molar-refractivity contribution in [2.75, 3.05) is 7.11 Å². The summed E-state index contributed by atoms with van der Waals surface area (Å²) >= 11 is 5.10. The molecule has 1 aromatic carbocycles. The normalized spacial score (nSPS) is 11.5. The van der Waals surface area contributed by atoms with E-state index in [4.69, 9.17) is 17.0 Å². The van der Waals surface area contributed by atoms with Crippen molar-refractivity contribution in [1.82, 2.24) is 29.9 Å². The largest absolute Gasteiger partial charge is 0.493 e. The van der Waals surface area contributed by atoms with E-state index in [1.54, 1.807) is 4.57 Å². The molecule has 0 saturated carbocycles. The summed E-state index contributed by atoms with van der Waals surface area (Å²) < 4.78 is 47.3. The minimum atomic E-state index is -4.49. The number of carbonyl (C=O) groups is 1. The minimum Gasteiger partial charge on any atom is -0.493 e. The van der Waals surface area contributed by atoms with E-state index >= 15 is 0 Å². The van der Waals surface area contributed by atoms with Crippen molar-refractivity contribution in [3.63, 3.8) is 0 Å². The Morgan fingerprint density at radius 1 is 1.38 bits per heavy atom. The van der Waals surface area contributed by atoms with Gasteiger partial charge in [-0.2, -0.15) is 23.4 Å². The number of ether oxygens (including phenoxy) is 1. The van der Waals surface area contributed by atoms with Gasteiger partial charge in [0, 0.05) is 6.54 Å². The van der Waals surface area contributed by atoms with Gasteiger partial charge in [-0.25, -0.2) is 4.68 Å². The van der Waals surface area contributed by atoms with E-state index in [9.17, 15) is 18.0 Å². The van der Waals surface area contributed by atoms with E-state index in [0.29, 0.717) is 17.1 Å². The summed E-state index contributed by atoms with van der Waals surface area (Å²) in [5.74, 6) is 0.0838. The molecule has 0 aliphatic heterocycles. The molecule has 1 amide bonds. The fourth-order valence-electron chi connectivity index (χ4n) is 2.68. The second kappa shape index (κ2) is 8.07. The Kier molecular flexibility index (Phi) is 5.73. The first-order valence-corrected chi connectivity index (χ1v) is 8.89. The highest BCUT2D eigenvalue weighted by Gasteiger charge is 2.30. The first-order valence-electron chi connectivity index (χ1n) is 8.48. The maximum Gasteiger partial charge on any atom is 0.416 e. The number of nitrogens with zero attached hydrogens (tertiary/aromatic N) is 4. The molecule has 0 spiro atoms. The number of halogens is 3. The van der Waals surface area contributed by atoms with Crippen LogP contribution in [0.4, 0.5) is 13.2 Å². The van der Waals surface area contributed by atoms with Crippen LogP contribution in [0, 0.1) is 4.77 Å². The van der Waals surface area contributed by atoms with Gasteiger partial charge in [-0.05, 0) is 37.3 Å². The summed E-state index contributed by atoms with van der Waals surface area (Å²) in [7, 11) is 1.34. The number of amides is 1. The van der Waals surface area contributed by atoms with E-state index in [1.807, 2.05) is 6.92 Å². The molecule has 8 nitrogen and oxygen atoms in total. The van der Waals surface area contributed by atoms with Crippen LogP contribution in [0.25, 0.3) is 5.69 Å². The Morgan fingerprint density at radius 3 is 2.79 bits per heavy atom. The van der Waals surface area contributed by atoms with Crippen molar-refractivity contribution in [2.24, 2.45) is 0 Å². The van der Waals surface area contributed by atoms with E-state index in [0.717, 1.165) is 16.8 Å². The van der Waals surface area contributed by atoms with Gasteiger partial charge < -0.3 is 14.6 Å². The Bertz CT molecular complexity index is 1090. The van der Waals surface area contributed by atoms with Crippen LogP contribution in [0.2, 0.25) is 0 Å². The molecule has 0 fully saturated rings. The SMILES string of the molecule is CCn1c(CNC(=O)c2nn(-c3cccc(C(F)(F)F)c3)cc2OC)n[nH]c1=S. The topological polar surface area (TPSA) is 89.8 Å². The standard InChI is InChI=1S/C17H17F3N6O2S/c1-3-25-13(22-23-16(25)29)8-21-15(27)14-12(28-2)9-26(24-14)11-6-4-5-10(7-11)17(18,19)20/h4-7,9H,3,8H2,1-2H3,(H,21,27)(H,23,29). The second-order valence-corrected chi connectivity index (χ2v) is 6.30. The lowest BCUT2D eigenvalue weighted by atomic mass is 10.2. The van der Waals surface area contributed by atoms with Gasteiger partial charge in [0.05, 0.1) is 31.1 Å². The van der Waals surface area contributed by atoms with Crippen molar-refractivity contribution in [1.29, 1.82) is 0 Å². The fourth-order valence-corrected chi connectivity index (χ4v) is 2.96. The van der Waals surface area contributed by atoms with Gasteiger partial charge in [0.1, 0.15) is 0 Å². The maximum atomic E-state index is 13.0. The molecule has 0 aliphatic rings. The summed E-state index contributed by atoms with van der Waals surface area (Å²) in [6.45, 7) is 2.55. The highest BCUT2D eigenvalue weighted by atomic mass is 32.1. The number of carbonyl (C=O) groups excluding carboxylic acids is 1. The molecule has 2 heterocycles. The number of methoxy groups -OCH3 is 1. The van der Waals surface area contributed by atoms with Crippen LogP contribution in [0.3, 0.4) is 0 Å². The van der Waals surface area contributed by atoms with Gasteiger partial charge in [-0.3, -0.25) is 9.89 Å². The number of hydrogen-bond acceptors (Lipinski definition) is 5. The lowest BCUT2D eigenvalue weighted by Crippen LogP contribution is -2.25. The molecule has 0 aliphatic carbocycles. The number of H-pyrrole nitrogens is 1. The predicted molar refractivity (Wildman–Crippen MR) is 99.4 cm³/mol.